The van der Waals surface area contributed by atoms with Gasteiger partial charge in [-0.05, 0) is 19.8 Å². The molecule has 0 spiro atoms. The van der Waals surface area contributed by atoms with Crippen LogP contribution in [0, 0.1) is 13.1 Å². The zero-order chi connectivity index (χ0) is 11.8. The first kappa shape index (κ1) is 12.7. The second-order valence-electron chi connectivity index (χ2n) is 3.85. The molecule has 0 atom stereocenters. The Morgan fingerprint density at radius 2 is 2.19 bits per heavy atom. The van der Waals surface area contributed by atoms with Crippen LogP contribution in [0.4, 0.5) is 0 Å². The SMILES string of the molecule is COC(=O)CCCCCCn1c[c]nc1C. The number of carbonyl (C=O) groups is 1. The fourth-order valence-electron chi connectivity index (χ4n) is 1.58. The standard InChI is InChI=1S/C12H19N2O2/c1-11-13-8-10-14(11)9-6-4-3-5-7-12(15)16-2/h10H,3-7,9H2,1-2H3. The van der Waals surface area contributed by atoms with E-state index in [0.29, 0.717) is 6.42 Å². The minimum absolute atomic E-state index is 0.111. The molecule has 89 valence electrons. The van der Waals surface area contributed by atoms with E-state index in [1.54, 1.807) is 0 Å². The number of aromatic nitrogens is 2. The lowest BCUT2D eigenvalue weighted by molar-refractivity contribution is -0.140. The van der Waals surface area contributed by atoms with Crippen molar-refractivity contribution in [1.29, 1.82) is 0 Å². The third kappa shape index (κ3) is 4.47. The normalized spacial score (nSPS) is 10.4. The highest BCUT2D eigenvalue weighted by Crippen LogP contribution is 2.06. The summed E-state index contributed by atoms with van der Waals surface area (Å²) in [4.78, 5) is 14.9. The minimum atomic E-state index is -0.111. The molecule has 0 fully saturated rings. The Hall–Kier alpha value is -1.32. The average molecular weight is 223 g/mol. The highest BCUT2D eigenvalue weighted by molar-refractivity contribution is 5.68. The van der Waals surface area contributed by atoms with Gasteiger partial charge in [0.25, 0.3) is 0 Å². The number of esters is 1. The van der Waals surface area contributed by atoms with Gasteiger partial charge in [0, 0.05) is 19.2 Å². The summed E-state index contributed by atoms with van der Waals surface area (Å²) in [6.45, 7) is 2.97. The Morgan fingerprint density at radius 1 is 1.44 bits per heavy atom. The van der Waals surface area contributed by atoms with E-state index in [4.69, 9.17) is 0 Å². The fourth-order valence-corrected chi connectivity index (χ4v) is 1.58. The van der Waals surface area contributed by atoms with Crippen molar-refractivity contribution in [3.8, 4) is 0 Å². The maximum atomic E-state index is 10.8. The average Bonchev–Trinajstić information content (AvgIpc) is 2.69. The Labute approximate surface area is 96.6 Å². The van der Waals surface area contributed by atoms with Crippen LogP contribution in [0.25, 0.3) is 0 Å². The summed E-state index contributed by atoms with van der Waals surface area (Å²) in [5, 5.41) is 0. The molecule has 0 amide bonds. The summed E-state index contributed by atoms with van der Waals surface area (Å²) >= 11 is 0. The predicted molar refractivity (Wildman–Crippen MR) is 60.9 cm³/mol. The van der Waals surface area contributed by atoms with Gasteiger partial charge in [0.15, 0.2) is 0 Å². The topological polar surface area (TPSA) is 44.1 Å². The lowest BCUT2D eigenvalue weighted by atomic mass is 10.1. The van der Waals surface area contributed by atoms with Crippen molar-refractivity contribution in [2.75, 3.05) is 7.11 Å². The number of carbonyl (C=O) groups excluding carboxylic acids is 1. The predicted octanol–water partition coefficient (Wildman–Crippen LogP) is 2.12. The van der Waals surface area contributed by atoms with Gasteiger partial charge in [0.05, 0.1) is 7.11 Å². The van der Waals surface area contributed by atoms with Gasteiger partial charge >= 0.3 is 5.97 Å². The number of hydrogen-bond acceptors (Lipinski definition) is 3. The van der Waals surface area contributed by atoms with E-state index in [1.165, 1.54) is 7.11 Å². The number of ether oxygens (including phenoxy) is 1. The third-order valence-electron chi connectivity index (χ3n) is 2.61. The third-order valence-corrected chi connectivity index (χ3v) is 2.61. The van der Waals surface area contributed by atoms with Gasteiger partial charge in [-0.1, -0.05) is 12.8 Å². The van der Waals surface area contributed by atoms with E-state index in [2.05, 4.69) is 20.5 Å². The number of nitrogens with zero attached hydrogens (tertiary/aromatic N) is 2. The molecule has 0 aromatic carbocycles. The maximum absolute atomic E-state index is 10.8. The Morgan fingerprint density at radius 3 is 2.81 bits per heavy atom. The molecular weight excluding hydrogens is 204 g/mol. The Kier molecular flexibility index (Phi) is 5.61. The van der Waals surface area contributed by atoms with E-state index in [-0.39, 0.29) is 5.97 Å². The van der Waals surface area contributed by atoms with Gasteiger partial charge in [-0.15, -0.1) is 0 Å². The molecule has 0 N–H and O–H groups in total. The molecular formula is C12H19N2O2. The number of methoxy groups -OCH3 is 1. The molecule has 1 aromatic rings. The first-order valence-corrected chi connectivity index (χ1v) is 5.70. The van der Waals surface area contributed by atoms with Gasteiger partial charge < -0.3 is 9.30 Å². The van der Waals surface area contributed by atoms with Crippen molar-refractivity contribution >= 4 is 5.97 Å². The van der Waals surface area contributed by atoms with Gasteiger partial charge in [-0.2, -0.15) is 0 Å². The van der Waals surface area contributed by atoms with E-state index in [1.807, 2.05) is 13.1 Å². The molecule has 0 aliphatic carbocycles. The van der Waals surface area contributed by atoms with E-state index < -0.39 is 0 Å². The molecule has 0 aliphatic rings. The van der Waals surface area contributed by atoms with Crippen LogP contribution >= 0.6 is 0 Å². The van der Waals surface area contributed by atoms with Gasteiger partial charge in [0.2, 0.25) is 0 Å². The van der Waals surface area contributed by atoms with Crippen LogP contribution in [-0.4, -0.2) is 22.6 Å². The lowest BCUT2D eigenvalue weighted by Crippen LogP contribution is -2.01. The molecule has 1 radical (unpaired) electrons. The van der Waals surface area contributed by atoms with Crippen LogP contribution in [0.2, 0.25) is 0 Å². The summed E-state index contributed by atoms with van der Waals surface area (Å²) < 4.78 is 6.67. The molecule has 0 saturated heterocycles. The summed E-state index contributed by atoms with van der Waals surface area (Å²) in [6.07, 6.45) is 9.48. The largest absolute Gasteiger partial charge is 0.469 e. The number of rotatable bonds is 7. The van der Waals surface area contributed by atoms with Crippen LogP contribution in [-0.2, 0) is 16.1 Å². The molecule has 4 heteroatoms. The number of aryl methyl sites for hydroxylation is 2. The first-order valence-electron chi connectivity index (χ1n) is 5.70. The van der Waals surface area contributed by atoms with Crippen LogP contribution in [0.5, 0.6) is 0 Å². The summed E-state index contributed by atoms with van der Waals surface area (Å²) in [6, 6.07) is 0. The molecule has 0 bridgehead atoms. The van der Waals surface area contributed by atoms with Crippen molar-refractivity contribution < 1.29 is 9.53 Å². The van der Waals surface area contributed by atoms with Crippen LogP contribution in [0.1, 0.15) is 37.9 Å². The summed E-state index contributed by atoms with van der Waals surface area (Å²) in [5.74, 6) is 0.898. The smallest absolute Gasteiger partial charge is 0.305 e. The highest BCUT2D eigenvalue weighted by Gasteiger charge is 2.00. The molecule has 4 nitrogen and oxygen atoms in total. The highest BCUT2D eigenvalue weighted by atomic mass is 16.5. The maximum Gasteiger partial charge on any atom is 0.305 e. The van der Waals surface area contributed by atoms with Crippen LogP contribution in [0.15, 0.2) is 6.20 Å². The molecule has 1 aromatic heterocycles. The fraction of sp³-hybridized carbons (Fsp3) is 0.667. The zero-order valence-corrected chi connectivity index (χ0v) is 10.0. The lowest BCUT2D eigenvalue weighted by Gasteiger charge is -2.04. The monoisotopic (exact) mass is 223 g/mol. The molecule has 1 rings (SSSR count). The quantitative estimate of drug-likeness (QED) is 0.525. The van der Waals surface area contributed by atoms with E-state index in [9.17, 15) is 4.79 Å². The Bertz CT molecular complexity index is 321. The molecule has 0 saturated carbocycles. The van der Waals surface area contributed by atoms with Crippen molar-refractivity contribution in [2.24, 2.45) is 0 Å². The molecule has 0 aliphatic heterocycles. The van der Waals surface area contributed by atoms with Gasteiger partial charge in [-0.3, -0.25) is 4.79 Å². The van der Waals surface area contributed by atoms with Crippen molar-refractivity contribution in [1.82, 2.24) is 9.55 Å². The second kappa shape index (κ2) is 7.04. The van der Waals surface area contributed by atoms with Crippen molar-refractivity contribution in [3.63, 3.8) is 0 Å². The molecule has 0 unspecified atom stereocenters. The zero-order valence-electron chi connectivity index (χ0n) is 10.0. The van der Waals surface area contributed by atoms with E-state index in [0.717, 1.165) is 38.1 Å². The Balaban J connectivity index is 2.00. The first-order chi connectivity index (χ1) is 7.74. The number of imidazole rings is 1. The minimum Gasteiger partial charge on any atom is -0.469 e. The van der Waals surface area contributed by atoms with E-state index >= 15 is 0 Å². The molecule has 1 heterocycles. The van der Waals surface area contributed by atoms with Crippen LogP contribution in [0.3, 0.4) is 0 Å². The van der Waals surface area contributed by atoms with Gasteiger partial charge in [0.1, 0.15) is 12.0 Å². The second-order valence-corrected chi connectivity index (χ2v) is 3.85. The summed E-state index contributed by atoms with van der Waals surface area (Å²) in [7, 11) is 1.43. The van der Waals surface area contributed by atoms with Crippen molar-refractivity contribution in [3.05, 3.63) is 18.2 Å². The molecule has 16 heavy (non-hydrogen) atoms. The number of unbranched alkanes of at least 4 members (excludes halogenated alkanes) is 3. The summed E-state index contributed by atoms with van der Waals surface area (Å²) in [5.41, 5.74) is 0. The van der Waals surface area contributed by atoms with Crippen LogP contribution < -0.4 is 0 Å². The number of hydrogen-bond donors (Lipinski definition) is 0. The van der Waals surface area contributed by atoms with Crippen molar-refractivity contribution in [2.45, 2.75) is 45.6 Å². The van der Waals surface area contributed by atoms with Gasteiger partial charge in [-0.25, -0.2) is 4.98 Å².